The molecule has 0 saturated carbocycles. The van der Waals surface area contributed by atoms with Gasteiger partial charge in [0.25, 0.3) is 5.91 Å². The number of ether oxygens (including phenoxy) is 4. The van der Waals surface area contributed by atoms with Gasteiger partial charge in [-0.2, -0.15) is 0 Å². The minimum Gasteiger partial charge on any atom is -0.497 e. The fourth-order valence-corrected chi connectivity index (χ4v) is 3.21. The lowest BCUT2D eigenvalue weighted by atomic mass is 10.1. The fraction of sp³-hybridized carbons (Fsp3) is 0.259. The summed E-state index contributed by atoms with van der Waals surface area (Å²) in [5, 5.41) is 2.40. The molecule has 0 aromatic heterocycles. The largest absolute Gasteiger partial charge is 0.497 e. The average molecular weight is 507 g/mol. The van der Waals surface area contributed by atoms with Crippen molar-refractivity contribution in [3.63, 3.8) is 0 Å². The summed E-state index contributed by atoms with van der Waals surface area (Å²) in [4.78, 5) is 49.8. The van der Waals surface area contributed by atoms with Crippen molar-refractivity contribution in [1.82, 2.24) is 4.90 Å². The van der Waals surface area contributed by atoms with E-state index in [4.69, 9.17) is 31.8 Å². The smallest absolute Gasteiger partial charge is 0.340 e. The van der Waals surface area contributed by atoms with Gasteiger partial charge in [0.1, 0.15) is 5.75 Å². The Bertz CT molecular complexity index is 1240. The Kier molecular flexibility index (Phi) is 10.6. The van der Waals surface area contributed by atoms with Gasteiger partial charge in [-0.3, -0.25) is 19.3 Å². The van der Waals surface area contributed by atoms with Crippen molar-refractivity contribution in [2.45, 2.75) is 12.8 Å². The van der Waals surface area contributed by atoms with E-state index >= 15 is 0 Å². The Morgan fingerprint density at radius 3 is 2.22 bits per heavy atom. The molecule has 0 unspecified atom stereocenters. The molecular weight excluding hydrogens is 480 g/mol. The first-order valence-electron chi connectivity index (χ1n) is 10.9. The number of carbonyl (C=O) groups excluding carboxylic acids is 4. The quantitative estimate of drug-likeness (QED) is 0.279. The maximum Gasteiger partial charge on any atom is 0.340 e. The molecule has 0 spiro atoms. The van der Waals surface area contributed by atoms with Crippen molar-refractivity contribution in [3.8, 4) is 41.9 Å². The van der Waals surface area contributed by atoms with Crippen LogP contribution in [0.5, 0.6) is 17.2 Å². The molecule has 37 heavy (non-hydrogen) atoms. The number of nitrogens with zero attached hydrogens (tertiary/aromatic N) is 1. The standard InChI is InChI=1S/C27H26N2O8/c1-6-24(30)28-21-17-22(35-4)23(16-20(21)27(33)36-5)37-14-8-13-29(25(31)7-2)26(32)15-18-9-11-19(34-3)12-10-18/h1-2,9-12,16-17H,8,13-15H2,3-5H3,(H,28,30). The molecule has 0 aliphatic rings. The molecule has 0 saturated heterocycles. The number of esters is 1. The van der Waals surface area contributed by atoms with E-state index < -0.39 is 23.7 Å². The summed E-state index contributed by atoms with van der Waals surface area (Å²) < 4.78 is 20.9. The summed E-state index contributed by atoms with van der Waals surface area (Å²) in [5.74, 6) is 2.13. The number of benzene rings is 2. The van der Waals surface area contributed by atoms with E-state index in [1.54, 1.807) is 24.3 Å². The Balaban J connectivity index is 2.11. The molecule has 10 nitrogen and oxygen atoms in total. The number of nitrogens with one attached hydrogen (secondary N) is 1. The molecule has 10 heteroatoms. The highest BCUT2D eigenvalue weighted by Gasteiger charge is 2.21. The van der Waals surface area contributed by atoms with Crippen LogP contribution in [0.4, 0.5) is 5.69 Å². The number of carbonyl (C=O) groups is 4. The molecule has 2 aromatic carbocycles. The molecule has 0 bridgehead atoms. The van der Waals surface area contributed by atoms with Gasteiger partial charge in [0, 0.05) is 18.7 Å². The SMILES string of the molecule is C#CC(=O)Nc1cc(OC)c(OCCCN(C(=O)C#C)C(=O)Cc2ccc(OC)cc2)cc1C(=O)OC. The van der Waals surface area contributed by atoms with Crippen molar-refractivity contribution in [2.24, 2.45) is 0 Å². The van der Waals surface area contributed by atoms with Crippen LogP contribution in [0.2, 0.25) is 0 Å². The summed E-state index contributed by atoms with van der Waals surface area (Å²) in [7, 11) is 4.09. The zero-order valence-electron chi connectivity index (χ0n) is 20.7. The van der Waals surface area contributed by atoms with Crippen molar-refractivity contribution < 1.29 is 38.1 Å². The molecule has 192 valence electrons. The number of amides is 3. The van der Waals surface area contributed by atoms with Gasteiger partial charge in [-0.25, -0.2) is 4.79 Å². The van der Waals surface area contributed by atoms with Crippen LogP contribution in [0, 0.1) is 24.7 Å². The van der Waals surface area contributed by atoms with Crippen LogP contribution >= 0.6 is 0 Å². The van der Waals surface area contributed by atoms with Crippen LogP contribution < -0.4 is 19.5 Å². The molecule has 2 rings (SSSR count). The van der Waals surface area contributed by atoms with Crippen LogP contribution in [0.15, 0.2) is 36.4 Å². The first kappa shape index (κ1) is 28.3. The van der Waals surface area contributed by atoms with Crippen LogP contribution in [0.25, 0.3) is 0 Å². The van der Waals surface area contributed by atoms with E-state index in [1.165, 1.54) is 33.5 Å². The molecule has 0 radical (unpaired) electrons. The highest BCUT2D eigenvalue weighted by molar-refractivity contribution is 6.08. The van der Waals surface area contributed by atoms with Crippen molar-refractivity contribution >= 4 is 29.4 Å². The first-order valence-corrected chi connectivity index (χ1v) is 10.9. The Morgan fingerprint density at radius 1 is 0.946 bits per heavy atom. The molecule has 3 amide bonds. The molecule has 1 N–H and O–H groups in total. The molecular formula is C27H26N2O8. The predicted octanol–water partition coefficient (Wildman–Crippen LogP) is 2.06. The minimum absolute atomic E-state index is 0.000502. The van der Waals surface area contributed by atoms with Gasteiger partial charge in [0.05, 0.1) is 45.6 Å². The summed E-state index contributed by atoms with van der Waals surface area (Å²) in [6.07, 6.45) is 10.5. The van der Waals surface area contributed by atoms with E-state index in [2.05, 4.69) is 5.32 Å². The Morgan fingerprint density at radius 2 is 1.65 bits per heavy atom. The minimum atomic E-state index is -0.766. The lowest BCUT2D eigenvalue weighted by Crippen LogP contribution is -2.38. The van der Waals surface area contributed by atoms with Crippen molar-refractivity contribution in [3.05, 3.63) is 47.5 Å². The number of hydrogen-bond acceptors (Lipinski definition) is 8. The lowest BCUT2D eigenvalue weighted by molar-refractivity contribution is -0.141. The first-order chi connectivity index (χ1) is 17.8. The topological polar surface area (TPSA) is 120 Å². The van der Waals surface area contributed by atoms with Gasteiger partial charge in [0.2, 0.25) is 5.91 Å². The highest BCUT2D eigenvalue weighted by Crippen LogP contribution is 2.34. The fourth-order valence-electron chi connectivity index (χ4n) is 3.21. The summed E-state index contributed by atoms with van der Waals surface area (Å²) in [6, 6.07) is 9.56. The third kappa shape index (κ3) is 7.77. The van der Waals surface area contributed by atoms with Gasteiger partial charge in [-0.1, -0.05) is 12.1 Å². The average Bonchev–Trinajstić information content (AvgIpc) is 2.92. The van der Waals surface area contributed by atoms with Crippen LogP contribution in [-0.4, -0.2) is 63.1 Å². The number of methoxy groups -OCH3 is 3. The van der Waals surface area contributed by atoms with E-state index in [-0.39, 0.29) is 48.7 Å². The number of terminal acetylenes is 2. The Labute approximate surface area is 214 Å². The predicted molar refractivity (Wildman–Crippen MR) is 134 cm³/mol. The van der Waals surface area contributed by atoms with Crippen LogP contribution in [-0.2, 0) is 25.5 Å². The number of rotatable bonds is 11. The zero-order valence-corrected chi connectivity index (χ0v) is 20.7. The molecule has 0 atom stereocenters. The Hall–Kier alpha value is -4.96. The van der Waals surface area contributed by atoms with Gasteiger partial charge < -0.3 is 24.3 Å². The highest BCUT2D eigenvalue weighted by atomic mass is 16.5. The second kappa shape index (κ2) is 13.8. The normalized spacial score (nSPS) is 9.76. The second-order valence-electron chi connectivity index (χ2n) is 7.36. The lowest BCUT2D eigenvalue weighted by Gasteiger charge is -2.19. The van der Waals surface area contributed by atoms with Gasteiger partial charge in [-0.15, -0.1) is 12.8 Å². The summed E-state index contributed by atoms with van der Waals surface area (Å²) >= 11 is 0. The van der Waals surface area contributed by atoms with E-state index in [1.807, 2.05) is 11.8 Å². The maximum absolute atomic E-state index is 12.8. The number of anilines is 1. The third-order valence-electron chi connectivity index (χ3n) is 5.06. The van der Waals surface area contributed by atoms with E-state index in [0.717, 1.165) is 4.90 Å². The summed E-state index contributed by atoms with van der Waals surface area (Å²) in [6.45, 7) is 0.0394. The van der Waals surface area contributed by atoms with E-state index in [9.17, 15) is 19.2 Å². The molecule has 2 aromatic rings. The third-order valence-corrected chi connectivity index (χ3v) is 5.06. The molecule has 0 heterocycles. The maximum atomic E-state index is 12.8. The van der Waals surface area contributed by atoms with Crippen molar-refractivity contribution in [2.75, 3.05) is 39.8 Å². The number of hydrogen-bond donors (Lipinski definition) is 1. The molecule has 0 aliphatic carbocycles. The van der Waals surface area contributed by atoms with Crippen LogP contribution in [0.1, 0.15) is 22.3 Å². The van der Waals surface area contributed by atoms with Gasteiger partial charge in [-0.05, 0) is 36.0 Å². The second-order valence-corrected chi connectivity index (χ2v) is 7.36. The van der Waals surface area contributed by atoms with Crippen LogP contribution in [0.3, 0.4) is 0 Å². The van der Waals surface area contributed by atoms with Gasteiger partial charge >= 0.3 is 11.9 Å². The molecule has 0 fully saturated rings. The summed E-state index contributed by atoms with van der Waals surface area (Å²) in [5.41, 5.74) is 0.753. The zero-order chi connectivity index (χ0) is 27.4. The van der Waals surface area contributed by atoms with Crippen molar-refractivity contribution in [1.29, 1.82) is 0 Å². The monoisotopic (exact) mass is 506 g/mol. The van der Waals surface area contributed by atoms with E-state index in [0.29, 0.717) is 11.3 Å². The molecule has 0 aliphatic heterocycles. The number of imide groups is 1. The van der Waals surface area contributed by atoms with Gasteiger partial charge in [0.15, 0.2) is 11.5 Å².